The SMILES string of the molecule is C#CCn1ccc(-c2cc(C(C)(C)C)c(O)c(C(C)(C)C)c2)n1. The van der Waals surface area contributed by atoms with E-state index in [2.05, 4.69) is 52.6 Å². The van der Waals surface area contributed by atoms with E-state index in [1.54, 1.807) is 4.68 Å². The summed E-state index contributed by atoms with van der Waals surface area (Å²) < 4.78 is 1.75. The minimum atomic E-state index is -0.151. The van der Waals surface area contributed by atoms with Crippen LogP contribution < -0.4 is 0 Å². The molecule has 0 fully saturated rings. The molecule has 0 aliphatic rings. The van der Waals surface area contributed by atoms with Crippen molar-refractivity contribution in [3.63, 3.8) is 0 Å². The highest BCUT2D eigenvalue weighted by atomic mass is 16.3. The molecular weight excluding hydrogens is 284 g/mol. The third kappa shape index (κ3) is 3.59. The number of hydrogen-bond acceptors (Lipinski definition) is 2. The first-order valence-corrected chi connectivity index (χ1v) is 7.89. The van der Waals surface area contributed by atoms with Crippen LogP contribution in [0.1, 0.15) is 52.7 Å². The van der Waals surface area contributed by atoms with E-state index in [1.807, 2.05) is 24.4 Å². The number of rotatable bonds is 2. The zero-order chi connectivity index (χ0) is 17.4. The van der Waals surface area contributed by atoms with E-state index in [9.17, 15) is 5.11 Å². The summed E-state index contributed by atoms with van der Waals surface area (Å²) in [7, 11) is 0. The van der Waals surface area contributed by atoms with Crippen LogP contribution in [0.15, 0.2) is 24.4 Å². The summed E-state index contributed by atoms with van der Waals surface area (Å²) in [6, 6.07) is 6.03. The molecule has 1 N–H and O–H groups in total. The molecule has 0 radical (unpaired) electrons. The molecule has 0 unspecified atom stereocenters. The molecule has 0 saturated carbocycles. The third-order valence-electron chi connectivity index (χ3n) is 3.92. The number of benzene rings is 1. The Balaban J connectivity index is 2.66. The average Bonchev–Trinajstić information content (AvgIpc) is 2.85. The van der Waals surface area contributed by atoms with Gasteiger partial charge in [0.1, 0.15) is 12.3 Å². The highest BCUT2D eigenvalue weighted by molar-refractivity contribution is 5.66. The lowest BCUT2D eigenvalue weighted by Crippen LogP contribution is -2.17. The molecule has 122 valence electrons. The van der Waals surface area contributed by atoms with Crippen molar-refractivity contribution in [1.29, 1.82) is 0 Å². The number of hydrogen-bond donors (Lipinski definition) is 1. The summed E-state index contributed by atoms with van der Waals surface area (Å²) in [4.78, 5) is 0. The summed E-state index contributed by atoms with van der Waals surface area (Å²) in [5.41, 5.74) is 3.45. The van der Waals surface area contributed by atoms with Gasteiger partial charge in [0.25, 0.3) is 0 Å². The fourth-order valence-corrected chi connectivity index (χ4v) is 2.62. The Labute approximate surface area is 139 Å². The second-order valence-corrected chi connectivity index (χ2v) is 8.02. The van der Waals surface area contributed by atoms with E-state index in [4.69, 9.17) is 6.42 Å². The zero-order valence-corrected chi connectivity index (χ0v) is 14.9. The molecule has 0 saturated heterocycles. The predicted octanol–water partition coefficient (Wildman–Crippen LogP) is 4.48. The molecule has 0 spiro atoms. The number of aromatic nitrogens is 2. The molecular formula is C20H26N2O. The molecule has 1 aromatic heterocycles. The summed E-state index contributed by atoms with van der Waals surface area (Å²) in [6.45, 7) is 13.1. The van der Waals surface area contributed by atoms with Crippen molar-refractivity contribution in [2.75, 3.05) is 0 Å². The van der Waals surface area contributed by atoms with Crippen LogP contribution in [0.25, 0.3) is 11.3 Å². The van der Waals surface area contributed by atoms with Crippen molar-refractivity contribution >= 4 is 0 Å². The second kappa shape index (κ2) is 5.77. The van der Waals surface area contributed by atoms with Crippen molar-refractivity contribution in [1.82, 2.24) is 9.78 Å². The molecule has 23 heavy (non-hydrogen) atoms. The van der Waals surface area contributed by atoms with Crippen LogP contribution in [0, 0.1) is 12.3 Å². The number of phenols is 1. The molecule has 0 aliphatic heterocycles. The van der Waals surface area contributed by atoms with Crippen molar-refractivity contribution in [2.24, 2.45) is 0 Å². The van der Waals surface area contributed by atoms with Gasteiger partial charge < -0.3 is 5.11 Å². The van der Waals surface area contributed by atoms with Gasteiger partial charge in [-0.25, -0.2) is 0 Å². The Kier molecular flexibility index (Phi) is 4.30. The first-order valence-electron chi connectivity index (χ1n) is 7.89. The van der Waals surface area contributed by atoms with Crippen LogP contribution in [-0.4, -0.2) is 14.9 Å². The Morgan fingerprint density at radius 2 is 1.61 bits per heavy atom. The molecule has 0 atom stereocenters. The monoisotopic (exact) mass is 310 g/mol. The first kappa shape index (κ1) is 17.1. The maximum atomic E-state index is 10.8. The van der Waals surface area contributed by atoms with Gasteiger partial charge in [0.2, 0.25) is 0 Å². The zero-order valence-electron chi connectivity index (χ0n) is 14.9. The Bertz CT molecular complexity index is 714. The van der Waals surface area contributed by atoms with Crippen molar-refractivity contribution in [3.05, 3.63) is 35.5 Å². The van der Waals surface area contributed by atoms with E-state index >= 15 is 0 Å². The van der Waals surface area contributed by atoms with Crippen LogP contribution in [0.4, 0.5) is 0 Å². The van der Waals surface area contributed by atoms with Gasteiger partial charge in [0.15, 0.2) is 0 Å². The largest absolute Gasteiger partial charge is 0.507 e. The van der Waals surface area contributed by atoms with E-state index < -0.39 is 0 Å². The van der Waals surface area contributed by atoms with Crippen LogP contribution in [0.2, 0.25) is 0 Å². The maximum Gasteiger partial charge on any atom is 0.123 e. The number of terminal acetylenes is 1. The van der Waals surface area contributed by atoms with Crippen LogP contribution in [0.3, 0.4) is 0 Å². The number of phenolic OH excluding ortho intramolecular Hbond substituents is 1. The fourth-order valence-electron chi connectivity index (χ4n) is 2.62. The molecule has 0 amide bonds. The maximum absolute atomic E-state index is 10.8. The Morgan fingerprint density at radius 1 is 1.09 bits per heavy atom. The first-order chi connectivity index (χ1) is 10.5. The molecule has 1 heterocycles. The van der Waals surface area contributed by atoms with Crippen molar-refractivity contribution < 1.29 is 5.11 Å². The van der Waals surface area contributed by atoms with Gasteiger partial charge >= 0.3 is 0 Å². The highest BCUT2D eigenvalue weighted by Crippen LogP contribution is 2.41. The summed E-state index contributed by atoms with van der Waals surface area (Å²) in [5.74, 6) is 2.98. The fraction of sp³-hybridized carbons (Fsp3) is 0.450. The minimum Gasteiger partial charge on any atom is -0.507 e. The predicted molar refractivity (Wildman–Crippen MR) is 95.6 cm³/mol. The topological polar surface area (TPSA) is 38.0 Å². The van der Waals surface area contributed by atoms with Gasteiger partial charge in [-0.15, -0.1) is 6.42 Å². The van der Waals surface area contributed by atoms with Gasteiger partial charge in [-0.3, -0.25) is 4.68 Å². The number of nitrogens with zero attached hydrogens (tertiary/aromatic N) is 2. The molecule has 0 aliphatic carbocycles. The quantitative estimate of drug-likeness (QED) is 0.830. The smallest absolute Gasteiger partial charge is 0.123 e. The summed E-state index contributed by atoms with van der Waals surface area (Å²) >= 11 is 0. The van der Waals surface area contributed by atoms with Gasteiger partial charge in [-0.2, -0.15) is 5.10 Å². The van der Waals surface area contributed by atoms with E-state index in [-0.39, 0.29) is 10.8 Å². The standard InChI is InChI=1S/C20H26N2O/c1-8-10-22-11-9-17(21-22)14-12-15(19(2,3)4)18(23)16(13-14)20(5,6)7/h1,9,11-13,23H,10H2,2-7H3. The van der Waals surface area contributed by atoms with Gasteiger partial charge in [-0.1, -0.05) is 47.5 Å². The van der Waals surface area contributed by atoms with E-state index in [1.165, 1.54) is 0 Å². The summed E-state index contributed by atoms with van der Waals surface area (Å²) in [6.07, 6.45) is 7.23. The lowest BCUT2D eigenvalue weighted by molar-refractivity contribution is 0.423. The van der Waals surface area contributed by atoms with Gasteiger partial charge in [0.05, 0.1) is 5.69 Å². The summed E-state index contributed by atoms with van der Waals surface area (Å²) in [5, 5.41) is 15.3. The Hall–Kier alpha value is -2.21. The van der Waals surface area contributed by atoms with Crippen LogP contribution >= 0.6 is 0 Å². The molecule has 3 heteroatoms. The second-order valence-electron chi connectivity index (χ2n) is 8.02. The average molecular weight is 310 g/mol. The normalized spacial score (nSPS) is 12.2. The molecule has 2 aromatic rings. The van der Waals surface area contributed by atoms with Crippen LogP contribution in [-0.2, 0) is 17.4 Å². The lowest BCUT2D eigenvalue weighted by atomic mass is 9.78. The highest BCUT2D eigenvalue weighted by Gasteiger charge is 2.27. The molecule has 1 aromatic carbocycles. The van der Waals surface area contributed by atoms with Crippen molar-refractivity contribution in [3.8, 4) is 29.4 Å². The Morgan fingerprint density at radius 3 is 2.04 bits per heavy atom. The molecule has 0 bridgehead atoms. The molecule has 2 rings (SSSR count). The van der Waals surface area contributed by atoms with E-state index in [0.717, 1.165) is 22.4 Å². The molecule has 3 nitrogen and oxygen atoms in total. The minimum absolute atomic E-state index is 0.151. The number of aromatic hydroxyl groups is 1. The van der Waals surface area contributed by atoms with Crippen molar-refractivity contribution in [2.45, 2.75) is 58.9 Å². The lowest BCUT2D eigenvalue weighted by Gasteiger charge is -2.28. The van der Waals surface area contributed by atoms with Gasteiger partial charge in [0, 0.05) is 22.9 Å². The van der Waals surface area contributed by atoms with Gasteiger partial charge in [-0.05, 0) is 29.0 Å². The third-order valence-corrected chi connectivity index (χ3v) is 3.92. The van der Waals surface area contributed by atoms with E-state index in [0.29, 0.717) is 12.3 Å². The van der Waals surface area contributed by atoms with Crippen LogP contribution in [0.5, 0.6) is 5.75 Å².